The van der Waals surface area contributed by atoms with Crippen molar-refractivity contribution in [2.24, 2.45) is 23.2 Å². The van der Waals surface area contributed by atoms with Crippen molar-refractivity contribution in [3.63, 3.8) is 0 Å². The maximum Gasteiger partial charge on any atom is 0.408 e. The summed E-state index contributed by atoms with van der Waals surface area (Å²) >= 11 is 8.27. The number of aliphatic carboxylic acids is 1. The van der Waals surface area contributed by atoms with Crippen molar-refractivity contribution in [1.29, 1.82) is 0 Å². The second-order valence-corrected chi connectivity index (χ2v) is 18.2. The van der Waals surface area contributed by atoms with Crippen molar-refractivity contribution in [3.8, 4) is 22.2 Å². The van der Waals surface area contributed by atoms with Gasteiger partial charge in [0.1, 0.15) is 57.1 Å². The van der Waals surface area contributed by atoms with Crippen molar-refractivity contribution in [3.05, 3.63) is 34.3 Å². The number of ether oxygens (including phenoxy) is 3. The number of fused-ring (bicyclic) bond motifs is 2. The van der Waals surface area contributed by atoms with E-state index in [1.165, 1.54) is 29.8 Å². The predicted molar refractivity (Wildman–Crippen MR) is 207 cm³/mol. The summed E-state index contributed by atoms with van der Waals surface area (Å²) in [4.78, 5) is 65.6. The van der Waals surface area contributed by atoms with Crippen LogP contribution < -0.4 is 20.1 Å². The van der Waals surface area contributed by atoms with Crippen molar-refractivity contribution in [2.45, 2.75) is 116 Å². The third-order valence-electron chi connectivity index (χ3n) is 11.7. The standard InChI is InChI=1S/C40H50ClN5O8S/c1-8-22-16-40(22,37(49)50)45-34(47)28-14-24(17-46(28)36(48)33(39(4,5)6)44-38(51)54-23-12-20-11-21(20)13-23)53-30-15-26(35-43-27(18-55-35)19(2)3)42-32-25(30)9-10-29(52-7)31(32)41/h9-10,15,18-24,28,33H,8,11-14,16-17H2,1-7H3,(H,44,51)(H,45,47)(H,49,50)/t20-,21+,22-,23?,24-,28+,33?,40-/m1/s1. The van der Waals surface area contributed by atoms with Gasteiger partial charge in [-0.15, -0.1) is 11.3 Å². The largest absolute Gasteiger partial charge is 0.495 e. The summed E-state index contributed by atoms with van der Waals surface area (Å²) in [6.07, 6.45) is 2.21. The van der Waals surface area contributed by atoms with E-state index in [0.717, 1.165) is 18.5 Å². The molecule has 0 radical (unpaired) electrons. The molecule has 3 amide bonds. The van der Waals surface area contributed by atoms with E-state index in [4.69, 9.17) is 35.8 Å². The Balaban J connectivity index is 1.20. The molecule has 7 rings (SSSR count). The molecule has 3 aromatic rings. The molecular weight excluding hydrogens is 746 g/mol. The van der Waals surface area contributed by atoms with Gasteiger partial charge in [0.25, 0.3) is 0 Å². The minimum atomic E-state index is -1.40. The fourth-order valence-electron chi connectivity index (χ4n) is 8.26. The summed E-state index contributed by atoms with van der Waals surface area (Å²) in [5.74, 6) is -0.133. The van der Waals surface area contributed by atoms with E-state index < -0.39 is 53.0 Å². The van der Waals surface area contributed by atoms with Crippen LogP contribution in [0.5, 0.6) is 11.5 Å². The molecule has 0 spiro atoms. The number of hydrogen-bond donors (Lipinski definition) is 3. The van der Waals surface area contributed by atoms with Gasteiger partial charge < -0.3 is 34.9 Å². The Hall–Kier alpha value is -4.17. The number of hydrogen-bond acceptors (Lipinski definition) is 10. The second-order valence-electron chi connectivity index (χ2n) is 17.0. The average Bonchev–Trinajstić information content (AvgIpc) is 3.77. The zero-order chi connectivity index (χ0) is 39.6. The fraction of sp³-hybridized carbons (Fsp3) is 0.600. The van der Waals surface area contributed by atoms with E-state index in [2.05, 4.69) is 24.5 Å². The Morgan fingerprint density at radius 1 is 1.07 bits per heavy atom. The number of thiazole rings is 1. The van der Waals surface area contributed by atoms with E-state index in [9.17, 15) is 24.3 Å². The maximum atomic E-state index is 14.7. The van der Waals surface area contributed by atoms with Gasteiger partial charge in [-0.05, 0) is 66.9 Å². The third kappa shape index (κ3) is 7.68. The molecule has 296 valence electrons. The Labute approximate surface area is 329 Å². The molecular formula is C40H50ClN5O8S. The lowest BCUT2D eigenvalue weighted by atomic mass is 9.85. The number of carboxylic acid groups (broad SMARTS) is 1. The lowest BCUT2D eigenvalue weighted by Gasteiger charge is -2.35. The van der Waals surface area contributed by atoms with Gasteiger partial charge in [0, 0.05) is 23.3 Å². The maximum absolute atomic E-state index is 14.7. The molecule has 1 aliphatic heterocycles. The van der Waals surface area contributed by atoms with Gasteiger partial charge in [-0.1, -0.05) is 59.6 Å². The Kier molecular flexibility index (Phi) is 10.5. The van der Waals surface area contributed by atoms with Crippen LogP contribution in [-0.2, 0) is 19.1 Å². The van der Waals surface area contributed by atoms with E-state index in [1.54, 1.807) is 18.2 Å². The van der Waals surface area contributed by atoms with E-state index in [1.807, 2.05) is 33.1 Å². The number of amides is 3. The van der Waals surface area contributed by atoms with Crippen LogP contribution in [-0.4, -0.2) is 87.3 Å². The highest BCUT2D eigenvalue weighted by molar-refractivity contribution is 7.13. The minimum Gasteiger partial charge on any atom is -0.495 e. The van der Waals surface area contributed by atoms with Crippen molar-refractivity contribution < 1.29 is 38.5 Å². The highest BCUT2D eigenvalue weighted by Crippen LogP contribution is 2.52. The van der Waals surface area contributed by atoms with Crippen molar-refractivity contribution in [1.82, 2.24) is 25.5 Å². The average molecular weight is 796 g/mol. The predicted octanol–water partition coefficient (Wildman–Crippen LogP) is 6.80. The summed E-state index contributed by atoms with van der Waals surface area (Å²) in [5, 5.41) is 19.3. The Bertz CT molecular complexity index is 2010. The lowest BCUT2D eigenvalue weighted by molar-refractivity contribution is -0.146. The van der Waals surface area contributed by atoms with Crippen LogP contribution in [0.25, 0.3) is 21.6 Å². The molecule has 55 heavy (non-hydrogen) atoms. The number of likely N-dealkylation sites (tertiary alicyclic amines) is 1. The fourth-order valence-corrected chi connectivity index (χ4v) is 9.49. The van der Waals surface area contributed by atoms with Crippen LogP contribution in [0, 0.1) is 23.2 Å². The van der Waals surface area contributed by atoms with Crippen LogP contribution in [0.1, 0.15) is 91.7 Å². The first kappa shape index (κ1) is 39.1. The number of methoxy groups -OCH3 is 1. The molecule has 4 fully saturated rings. The number of halogens is 1. The zero-order valence-electron chi connectivity index (χ0n) is 32.3. The van der Waals surface area contributed by atoms with Gasteiger partial charge in [-0.25, -0.2) is 19.6 Å². The monoisotopic (exact) mass is 795 g/mol. The van der Waals surface area contributed by atoms with Gasteiger partial charge in [-0.2, -0.15) is 0 Å². The van der Waals surface area contributed by atoms with Crippen LogP contribution >= 0.6 is 22.9 Å². The number of benzene rings is 1. The number of carbonyl (C=O) groups is 4. The molecule has 2 unspecified atom stereocenters. The Morgan fingerprint density at radius 3 is 2.40 bits per heavy atom. The number of pyridine rings is 1. The topological polar surface area (TPSA) is 169 Å². The molecule has 3 heterocycles. The summed E-state index contributed by atoms with van der Waals surface area (Å²) < 4.78 is 18.0. The molecule has 0 bridgehead atoms. The third-order valence-corrected chi connectivity index (χ3v) is 13.0. The van der Waals surface area contributed by atoms with Crippen LogP contribution in [0.15, 0.2) is 23.6 Å². The van der Waals surface area contributed by atoms with Gasteiger partial charge in [0.15, 0.2) is 0 Å². The molecule has 2 aromatic heterocycles. The molecule has 13 nitrogen and oxygen atoms in total. The number of carboxylic acids is 1. The van der Waals surface area contributed by atoms with Gasteiger partial charge in [-0.3, -0.25) is 9.59 Å². The molecule has 8 atom stereocenters. The number of nitrogens with one attached hydrogen (secondary N) is 2. The number of rotatable bonds is 12. The van der Waals surface area contributed by atoms with Gasteiger partial charge >= 0.3 is 12.1 Å². The SMILES string of the molecule is CC[C@@H]1C[C@]1(NC(=O)[C@@H]1C[C@@H](Oc2cc(-c3nc(C(C)C)cs3)nc3c(Cl)c(OC)ccc23)CN1C(=O)C(NC(=O)OC1C[C@@H]2C[C@@H]2C1)C(C)(C)C)C(=O)O. The van der Waals surface area contributed by atoms with E-state index >= 15 is 0 Å². The van der Waals surface area contributed by atoms with Crippen molar-refractivity contribution in [2.75, 3.05) is 13.7 Å². The first-order chi connectivity index (χ1) is 26.0. The molecule has 1 aromatic carbocycles. The number of nitrogens with zero attached hydrogens (tertiary/aromatic N) is 3. The second kappa shape index (κ2) is 14.7. The summed E-state index contributed by atoms with van der Waals surface area (Å²) in [6, 6.07) is 3.16. The molecule has 1 saturated heterocycles. The number of carbonyl (C=O) groups excluding carboxylic acids is 3. The summed E-state index contributed by atoms with van der Waals surface area (Å²) in [6.45, 7) is 11.5. The first-order valence-electron chi connectivity index (χ1n) is 19.2. The molecule has 4 aliphatic rings. The Morgan fingerprint density at radius 2 is 1.80 bits per heavy atom. The molecule has 3 saturated carbocycles. The minimum absolute atomic E-state index is 0.0126. The number of aromatic nitrogens is 2. The summed E-state index contributed by atoms with van der Waals surface area (Å²) in [7, 11) is 1.52. The highest BCUT2D eigenvalue weighted by atomic mass is 35.5. The normalized spacial score (nSPS) is 27.4. The van der Waals surface area contributed by atoms with Crippen LogP contribution in [0.3, 0.4) is 0 Å². The quantitative estimate of drug-likeness (QED) is 0.177. The molecule has 3 aliphatic carbocycles. The molecule has 15 heteroatoms. The van der Waals surface area contributed by atoms with Crippen LogP contribution in [0.2, 0.25) is 5.02 Å². The van der Waals surface area contributed by atoms with Gasteiger partial charge in [0.05, 0.1) is 24.9 Å². The van der Waals surface area contributed by atoms with Gasteiger partial charge in [0.2, 0.25) is 11.8 Å². The highest BCUT2D eigenvalue weighted by Gasteiger charge is 2.61. The smallest absolute Gasteiger partial charge is 0.408 e. The van der Waals surface area contributed by atoms with Crippen LogP contribution in [0.4, 0.5) is 4.79 Å². The zero-order valence-corrected chi connectivity index (χ0v) is 33.9. The van der Waals surface area contributed by atoms with Crippen molar-refractivity contribution >= 4 is 57.7 Å². The first-order valence-corrected chi connectivity index (χ1v) is 20.4. The number of alkyl carbamates (subject to hydrolysis) is 1. The molecule has 3 N–H and O–H groups in total. The lowest BCUT2D eigenvalue weighted by Crippen LogP contribution is -2.59. The van der Waals surface area contributed by atoms with E-state index in [0.29, 0.717) is 62.8 Å². The summed E-state index contributed by atoms with van der Waals surface area (Å²) in [5.41, 5.74) is -0.276. The van der Waals surface area contributed by atoms with E-state index in [-0.39, 0.29) is 30.9 Å².